The molecule has 0 spiro atoms. The van der Waals surface area contributed by atoms with Crippen LogP contribution in [0.25, 0.3) is 0 Å². The van der Waals surface area contributed by atoms with Crippen molar-refractivity contribution in [3.05, 3.63) is 35.9 Å². The number of nitrogens with zero attached hydrogens (tertiary/aromatic N) is 1. The third kappa shape index (κ3) is 5.91. The lowest BCUT2D eigenvalue weighted by atomic mass is 9.95. The molecule has 0 N–H and O–H groups in total. The Hall–Kier alpha value is -1.66. The van der Waals surface area contributed by atoms with Crippen LogP contribution in [0.4, 0.5) is 4.79 Å². The monoisotopic (exact) mass is 405 g/mol. The van der Waals surface area contributed by atoms with Gasteiger partial charge in [-0.2, -0.15) is 0 Å². The van der Waals surface area contributed by atoms with E-state index in [4.69, 9.17) is 9.16 Å². The molecule has 0 aromatic heterocycles. The molecule has 1 aliphatic rings. The standard InChI is InChI=1S/C22H35NO4Si/c1-17(24)15-19-20(27-28(5,6)22(2,3)4)13-10-14-23(19)21(25)26-16-18-11-8-7-9-12-18/h7-9,11-12,19-20H,10,13-16H2,1-6H3/t19-,20+/m0/s1. The summed E-state index contributed by atoms with van der Waals surface area (Å²) in [4.78, 5) is 26.5. The maximum atomic E-state index is 12.8. The number of carbonyl (C=O) groups excluding carboxylic acids is 2. The van der Waals surface area contributed by atoms with Crippen LogP contribution in [0, 0.1) is 0 Å². The molecular formula is C22H35NO4Si. The summed E-state index contributed by atoms with van der Waals surface area (Å²) in [7, 11) is -2.01. The maximum absolute atomic E-state index is 12.8. The molecule has 0 radical (unpaired) electrons. The lowest BCUT2D eigenvalue weighted by Gasteiger charge is -2.46. The van der Waals surface area contributed by atoms with Gasteiger partial charge >= 0.3 is 6.09 Å². The van der Waals surface area contributed by atoms with Crippen LogP contribution in [0.5, 0.6) is 0 Å². The molecular weight excluding hydrogens is 370 g/mol. The zero-order valence-corrected chi connectivity index (χ0v) is 19.2. The van der Waals surface area contributed by atoms with Crippen molar-refractivity contribution in [2.45, 2.75) is 83.8 Å². The Morgan fingerprint density at radius 2 is 1.82 bits per heavy atom. The SMILES string of the molecule is CC(=O)C[C@H]1[C@H](O[Si](C)(C)C(C)(C)C)CCCN1C(=O)OCc1ccccc1. The predicted octanol–water partition coefficient (Wildman–Crippen LogP) is 5.16. The minimum Gasteiger partial charge on any atom is -0.445 e. The van der Waals surface area contributed by atoms with Gasteiger partial charge in [-0.1, -0.05) is 51.1 Å². The van der Waals surface area contributed by atoms with Gasteiger partial charge in [-0.25, -0.2) is 4.79 Å². The first-order valence-electron chi connectivity index (χ1n) is 10.2. The van der Waals surface area contributed by atoms with Gasteiger partial charge in [0.1, 0.15) is 12.4 Å². The Labute approximate surface area is 170 Å². The summed E-state index contributed by atoms with van der Waals surface area (Å²) in [6, 6.07) is 9.38. The van der Waals surface area contributed by atoms with Crippen LogP contribution in [0.1, 0.15) is 52.5 Å². The van der Waals surface area contributed by atoms with Gasteiger partial charge in [-0.15, -0.1) is 0 Å². The van der Waals surface area contributed by atoms with E-state index in [1.807, 2.05) is 30.3 Å². The van der Waals surface area contributed by atoms with Gasteiger partial charge in [-0.3, -0.25) is 4.79 Å². The molecule has 2 atom stereocenters. The van der Waals surface area contributed by atoms with Crippen molar-refractivity contribution in [3.8, 4) is 0 Å². The van der Waals surface area contributed by atoms with Gasteiger partial charge in [0, 0.05) is 13.0 Å². The zero-order valence-electron chi connectivity index (χ0n) is 18.2. The van der Waals surface area contributed by atoms with E-state index in [2.05, 4.69) is 33.9 Å². The molecule has 156 valence electrons. The molecule has 28 heavy (non-hydrogen) atoms. The van der Waals surface area contributed by atoms with E-state index < -0.39 is 8.32 Å². The lowest BCUT2D eigenvalue weighted by Crippen LogP contribution is -2.56. The maximum Gasteiger partial charge on any atom is 0.410 e. The highest BCUT2D eigenvalue weighted by Crippen LogP contribution is 2.39. The highest BCUT2D eigenvalue weighted by Gasteiger charge is 2.44. The number of carbonyl (C=O) groups is 2. The normalized spacial score (nSPS) is 20.7. The number of likely N-dealkylation sites (tertiary alicyclic amines) is 1. The first-order chi connectivity index (χ1) is 13.0. The summed E-state index contributed by atoms with van der Waals surface area (Å²) >= 11 is 0. The van der Waals surface area contributed by atoms with Gasteiger partial charge in [0.2, 0.25) is 0 Å². The largest absolute Gasteiger partial charge is 0.445 e. The summed E-state index contributed by atoms with van der Waals surface area (Å²) in [5.74, 6) is 0.0663. The van der Waals surface area contributed by atoms with Gasteiger partial charge < -0.3 is 14.1 Å². The summed E-state index contributed by atoms with van der Waals surface area (Å²) in [6.45, 7) is 13.4. The van der Waals surface area contributed by atoms with Crippen molar-refractivity contribution in [3.63, 3.8) is 0 Å². The number of hydrogen-bond donors (Lipinski definition) is 0. The Balaban J connectivity index is 2.13. The van der Waals surface area contributed by atoms with E-state index in [1.165, 1.54) is 0 Å². The van der Waals surface area contributed by atoms with Crippen LogP contribution in [-0.2, 0) is 20.6 Å². The first-order valence-corrected chi connectivity index (χ1v) is 13.1. The van der Waals surface area contributed by atoms with Crippen LogP contribution < -0.4 is 0 Å². The summed E-state index contributed by atoms with van der Waals surface area (Å²) in [5, 5.41) is 0.0733. The first kappa shape index (κ1) is 22.6. The number of benzene rings is 1. The molecule has 5 nitrogen and oxygen atoms in total. The number of piperidine rings is 1. The van der Waals surface area contributed by atoms with Gasteiger partial charge in [0.15, 0.2) is 8.32 Å². The topological polar surface area (TPSA) is 55.8 Å². The predicted molar refractivity (Wildman–Crippen MR) is 114 cm³/mol. The highest BCUT2D eigenvalue weighted by molar-refractivity contribution is 6.74. The van der Waals surface area contributed by atoms with Crippen molar-refractivity contribution in [1.82, 2.24) is 4.90 Å². The molecule has 0 bridgehead atoms. The van der Waals surface area contributed by atoms with Crippen LogP contribution in [0.2, 0.25) is 18.1 Å². The Bertz CT molecular complexity index is 669. The fraction of sp³-hybridized carbons (Fsp3) is 0.636. The van der Waals surface area contributed by atoms with Crippen molar-refractivity contribution >= 4 is 20.2 Å². The zero-order chi connectivity index (χ0) is 20.9. The Kier molecular flexibility index (Phi) is 7.45. The molecule has 1 fully saturated rings. The number of ether oxygens (including phenoxy) is 1. The molecule has 1 aliphatic heterocycles. The van der Waals surface area contributed by atoms with Gasteiger partial charge in [0.25, 0.3) is 0 Å². The number of rotatable bonds is 6. The number of ketones is 1. The van der Waals surface area contributed by atoms with Crippen molar-refractivity contribution in [1.29, 1.82) is 0 Å². The van der Waals surface area contributed by atoms with Crippen LogP contribution >= 0.6 is 0 Å². The van der Waals surface area contributed by atoms with E-state index in [9.17, 15) is 9.59 Å². The number of hydrogen-bond acceptors (Lipinski definition) is 4. The highest BCUT2D eigenvalue weighted by atomic mass is 28.4. The Morgan fingerprint density at radius 1 is 1.18 bits per heavy atom. The molecule has 1 aromatic rings. The molecule has 1 aromatic carbocycles. The smallest absolute Gasteiger partial charge is 0.410 e. The molecule has 0 aliphatic carbocycles. The van der Waals surface area contributed by atoms with E-state index >= 15 is 0 Å². The Morgan fingerprint density at radius 3 is 2.39 bits per heavy atom. The number of Topliss-reactive ketones (excluding diaryl/α,β-unsaturated/α-hetero) is 1. The summed E-state index contributed by atoms with van der Waals surface area (Å²) < 4.78 is 12.2. The second-order valence-electron chi connectivity index (χ2n) is 9.27. The second-order valence-corrected chi connectivity index (χ2v) is 14.0. The molecule has 1 saturated heterocycles. The fourth-order valence-electron chi connectivity index (χ4n) is 3.28. The van der Waals surface area contributed by atoms with Crippen molar-refractivity contribution < 1.29 is 18.8 Å². The minimum absolute atomic E-state index is 0.0663. The molecule has 2 rings (SSSR count). The number of amides is 1. The van der Waals surface area contributed by atoms with Gasteiger partial charge in [0.05, 0.1) is 12.1 Å². The van der Waals surface area contributed by atoms with E-state index in [1.54, 1.807) is 11.8 Å². The fourth-order valence-corrected chi connectivity index (χ4v) is 4.66. The summed E-state index contributed by atoms with van der Waals surface area (Å²) in [5.41, 5.74) is 0.949. The molecule has 0 unspecified atom stereocenters. The third-order valence-electron chi connectivity index (χ3n) is 5.91. The average molecular weight is 406 g/mol. The molecule has 1 heterocycles. The van der Waals surface area contributed by atoms with E-state index in [-0.39, 0.29) is 35.7 Å². The van der Waals surface area contributed by atoms with Crippen molar-refractivity contribution in [2.75, 3.05) is 6.54 Å². The van der Waals surface area contributed by atoms with Gasteiger partial charge in [-0.05, 0) is 43.5 Å². The quantitative estimate of drug-likeness (QED) is 0.614. The summed E-state index contributed by atoms with van der Waals surface area (Å²) in [6.07, 6.45) is 1.54. The molecule has 1 amide bonds. The van der Waals surface area contributed by atoms with Crippen LogP contribution in [0.3, 0.4) is 0 Å². The third-order valence-corrected chi connectivity index (χ3v) is 10.4. The van der Waals surface area contributed by atoms with Crippen LogP contribution in [0.15, 0.2) is 30.3 Å². The van der Waals surface area contributed by atoms with E-state index in [0.29, 0.717) is 13.0 Å². The minimum atomic E-state index is -2.01. The molecule has 0 saturated carbocycles. The van der Waals surface area contributed by atoms with Crippen LogP contribution in [-0.4, -0.2) is 43.8 Å². The average Bonchev–Trinajstić information content (AvgIpc) is 2.60. The lowest BCUT2D eigenvalue weighted by molar-refractivity contribution is -0.119. The molecule has 6 heteroatoms. The van der Waals surface area contributed by atoms with E-state index in [0.717, 1.165) is 18.4 Å². The second kappa shape index (κ2) is 9.22. The van der Waals surface area contributed by atoms with Crippen molar-refractivity contribution in [2.24, 2.45) is 0 Å².